The summed E-state index contributed by atoms with van der Waals surface area (Å²) >= 11 is 0. The Bertz CT molecular complexity index is 1080. The van der Waals surface area contributed by atoms with Crippen LogP contribution in [0.25, 0.3) is 0 Å². The van der Waals surface area contributed by atoms with Crippen LogP contribution in [0.2, 0.25) is 0 Å². The SMILES string of the molecule is COc1ccc(OC)c(CN(Cc2ccccc2OC)c2ccc(OC)c(C(N)=O)c2)c1. The molecule has 0 aromatic heterocycles. The Hall–Kier alpha value is -3.87. The summed E-state index contributed by atoms with van der Waals surface area (Å²) < 4.78 is 21.8. The van der Waals surface area contributed by atoms with E-state index in [1.165, 1.54) is 7.11 Å². The maximum atomic E-state index is 12.0. The Morgan fingerprint density at radius 2 is 1.38 bits per heavy atom. The summed E-state index contributed by atoms with van der Waals surface area (Å²) in [7, 11) is 6.41. The standard InChI is InChI=1S/C25H28N2O5/c1-29-20-10-12-23(31-3)18(13-20)16-27(15-17-7-5-6-8-22(17)30-2)19-9-11-24(32-4)21(14-19)25(26)28/h5-14H,15-16H2,1-4H3,(H2,26,28). The number of para-hydroxylation sites is 1. The highest BCUT2D eigenvalue weighted by atomic mass is 16.5. The smallest absolute Gasteiger partial charge is 0.252 e. The summed E-state index contributed by atoms with van der Waals surface area (Å²) in [5, 5.41) is 0. The summed E-state index contributed by atoms with van der Waals surface area (Å²) in [6, 6.07) is 18.9. The third kappa shape index (κ3) is 5.06. The molecule has 0 unspecified atom stereocenters. The van der Waals surface area contributed by atoms with Crippen LogP contribution < -0.4 is 29.6 Å². The predicted molar refractivity (Wildman–Crippen MR) is 124 cm³/mol. The van der Waals surface area contributed by atoms with Crippen molar-refractivity contribution in [1.82, 2.24) is 0 Å². The molecule has 3 rings (SSSR count). The molecular weight excluding hydrogens is 408 g/mol. The average Bonchev–Trinajstić information content (AvgIpc) is 2.83. The minimum atomic E-state index is -0.556. The van der Waals surface area contributed by atoms with Crippen molar-refractivity contribution in [3.05, 3.63) is 77.4 Å². The van der Waals surface area contributed by atoms with Crippen molar-refractivity contribution < 1.29 is 23.7 Å². The zero-order valence-electron chi connectivity index (χ0n) is 18.8. The van der Waals surface area contributed by atoms with Crippen LogP contribution in [-0.2, 0) is 13.1 Å². The minimum Gasteiger partial charge on any atom is -0.497 e. The van der Waals surface area contributed by atoms with Gasteiger partial charge in [0.2, 0.25) is 0 Å². The average molecular weight is 437 g/mol. The van der Waals surface area contributed by atoms with Crippen LogP contribution in [0, 0.1) is 0 Å². The van der Waals surface area contributed by atoms with E-state index in [9.17, 15) is 4.79 Å². The van der Waals surface area contributed by atoms with Gasteiger partial charge in [0.25, 0.3) is 5.91 Å². The van der Waals surface area contributed by atoms with Crippen molar-refractivity contribution in [3.8, 4) is 23.0 Å². The number of ether oxygens (including phenoxy) is 4. The fraction of sp³-hybridized carbons (Fsp3) is 0.240. The van der Waals surface area contributed by atoms with Crippen molar-refractivity contribution in [3.63, 3.8) is 0 Å². The number of amides is 1. The lowest BCUT2D eigenvalue weighted by molar-refractivity contribution is 0.0997. The van der Waals surface area contributed by atoms with Crippen LogP contribution in [0.4, 0.5) is 5.69 Å². The molecule has 1 amide bonds. The van der Waals surface area contributed by atoms with E-state index < -0.39 is 5.91 Å². The van der Waals surface area contributed by atoms with E-state index in [1.54, 1.807) is 33.5 Å². The molecule has 0 saturated heterocycles. The second kappa shape index (κ2) is 10.4. The number of hydrogen-bond donors (Lipinski definition) is 1. The van der Waals surface area contributed by atoms with Gasteiger partial charge in [-0.1, -0.05) is 18.2 Å². The molecule has 0 aliphatic rings. The van der Waals surface area contributed by atoms with Gasteiger partial charge in [0, 0.05) is 29.9 Å². The van der Waals surface area contributed by atoms with Crippen molar-refractivity contribution >= 4 is 11.6 Å². The number of rotatable bonds is 10. The van der Waals surface area contributed by atoms with E-state index in [0.717, 1.165) is 34.1 Å². The fourth-order valence-corrected chi connectivity index (χ4v) is 3.57. The number of hydrogen-bond acceptors (Lipinski definition) is 6. The molecular formula is C25H28N2O5. The predicted octanol–water partition coefficient (Wildman–Crippen LogP) is 4.03. The number of benzene rings is 3. The van der Waals surface area contributed by atoms with E-state index in [-0.39, 0.29) is 0 Å². The van der Waals surface area contributed by atoms with Gasteiger partial charge in [-0.05, 0) is 42.5 Å². The molecule has 0 bridgehead atoms. The fourth-order valence-electron chi connectivity index (χ4n) is 3.57. The highest BCUT2D eigenvalue weighted by Gasteiger charge is 2.18. The quantitative estimate of drug-likeness (QED) is 0.517. The zero-order valence-corrected chi connectivity index (χ0v) is 18.8. The van der Waals surface area contributed by atoms with Crippen molar-refractivity contribution in [1.29, 1.82) is 0 Å². The van der Waals surface area contributed by atoms with Crippen molar-refractivity contribution in [2.24, 2.45) is 5.73 Å². The maximum absolute atomic E-state index is 12.0. The molecule has 168 valence electrons. The Morgan fingerprint density at radius 3 is 2.03 bits per heavy atom. The van der Waals surface area contributed by atoms with Gasteiger partial charge in [0.15, 0.2) is 0 Å². The first kappa shape index (κ1) is 22.8. The number of carbonyl (C=O) groups excluding carboxylic acids is 1. The Kier molecular flexibility index (Phi) is 7.44. The zero-order chi connectivity index (χ0) is 23.1. The van der Waals surface area contributed by atoms with Crippen LogP contribution in [0.1, 0.15) is 21.5 Å². The molecule has 0 atom stereocenters. The van der Waals surface area contributed by atoms with Crippen molar-refractivity contribution in [2.45, 2.75) is 13.1 Å². The molecule has 0 saturated carbocycles. The number of anilines is 1. The van der Waals surface area contributed by atoms with Gasteiger partial charge in [0.1, 0.15) is 23.0 Å². The van der Waals surface area contributed by atoms with Gasteiger partial charge in [-0.25, -0.2) is 0 Å². The molecule has 0 radical (unpaired) electrons. The van der Waals surface area contributed by atoms with Crippen LogP contribution in [0.5, 0.6) is 23.0 Å². The molecule has 0 aliphatic carbocycles. The first-order chi connectivity index (χ1) is 15.5. The largest absolute Gasteiger partial charge is 0.497 e. The van der Waals surface area contributed by atoms with Crippen LogP contribution in [-0.4, -0.2) is 34.3 Å². The number of nitrogens with two attached hydrogens (primary N) is 1. The monoisotopic (exact) mass is 436 g/mol. The summed E-state index contributed by atoms with van der Waals surface area (Å²) in [6.45, 7) is 1.01. The molecule has 3 aromatic rings. The normalized spacial score (nSPS) is 10.4. The lowest BCUT2D eigenvalue weighted by Crippen LogP contribution is -2.24. The molecule has 32 heavy (non-hydrogen) atoms. The lowest BCUT2D eigenvalue weighted by atomic mass is 10.1. The Balaban J connectivity index is 2.08. The first-order valence-electron chi connectivity index (χ1n) is 10.1. The Labute approximate surface area is 188 Å². The van der Waals surface area contributed by atoms with Crippen LogP contribution in [0.3, 0.4) is 0 Å². The highest BCUT2D eigenvalue weighted by Crippen LogP contribution is 2.32. The molecule has 0 spiro atoms. The molecule has 7 nitrogen and oxygen atoms in total. The van der Waals surface area contributed by atoms with Crippen LogP contribution >= 0.6 is 0 Å². The second-order valence-electron chi connectivity index (χ2n) is 7.09. The van der Waals surface area contributed by atoms with Gasteiger partial charge in [-0.3, -0.25) is 4.79 Å². The minimum absolute atomic E-state index is 0.313. The van der Waals surface area contributed by atoms with Crippen LogP contribution in [0.15, 0.2) is 60.7 Å². The summed E-state index contributed by atoms with van der Waals surface area (Å²) in [6.07, 6.45) is 0. The first-order valence-corrected chi connectivity index (χ1v) is 10.1. The van der Waals surface area contributed by atoms with Gasteiger partial charge >= 0.3 is 0 Å². The summed E-state index contributed by atoms with van der Waals surface area (Å²) in [4.78, 5) is 14.1. The Morgan fingerprint density at radius 1 is 0.750 bits per heavy atom. The van der Waals surface area contributed by atoms with Gasteiger partial charge in [-0.15, -0.1) is 0 Å². The van der Waals surface area contributed by atoms with Crippen molar-refractivity contribution in [2.75, 3.05) is 33.3 Å². The molecule has 7 heteroatoms. The molecule has 2 N–H and O–H groups in total. The van der Waals surface area contributed by atoms with E-state index in [4.69, 9.17) is 24.7 Å². The highest BCUT2D eigenvalue weighted by molar-refractivity contribution is 5.96. The summed E-state index contributed by atoms with van der Waals surface area (Å²) in [5.74, 6) is 2.11. The number of nitrogens with zero attached hydrogens (tertiary/aromatic N) is 1. The van der Waals surface area contributed by atoms with E-state index in [0.29, 0.717) is 24.4 Å². The second-order valence-corrected chi connectivity index (χ2v) is 7.09. The number of methoxy groups -OCH3 is 4. The number of primary amides is 1. The maximum Gasteiger partial charge on any atom is 0.252 e. The van der Waals surface area contributed by atoms with E-state index in [1.807, 2.05) is 48.5 Å². The molecule has 0 fully saturated rings. The third-order valence-corrected chi connectivity index (χ3v) is 5.22. The van der Waals surface area contributed by atoms with E-state index >= 15 is 0 Å². The molecule has 0 aliphatic heterocycles. The topological polar surface area (TPSA) is 83.2 Å². The third-order valence-electron chi connectivity index (χ3n) is 5.22. The molecule has 0 heterocycles. The van der Waals surface area contributed by atoms with Gasteiger partial charge < -0.3 is 29.6 Å². The van der Waals surface area contributed by atoms with Gasteiger partial charge in [0.05, 0.1) is 34.0 Å². The van der Waals surface area contributed by atoms with Gasteiger partial charge in [-0.2, -0.15) is 0 Å². The lowest BCUT2D eigenvalue weighted by Gasteiger charge is -2.27. The summed E-state index contributed by atoms with van der Waals surface area (Å²) in [5.41, 5.74) is 8.64. The molecule has 3 aromatic carbocycles. The van der Waals surface area contributed by atoms with E-state index in [2.05, 4.69) is 4.90 Å². The number of carbonyl (C=O) groups is 1.